The maximum Gasteiger partial charge on any atom is 0.317 e. The molecule has 2 heterocycles. The molecule has 2 aromatic heterocycles. The minimum absolute atomic E-state index is 0.463. The molecule has 1 aromatic carbocycles. The second-order valence-corrected chi connectivity index (χ2v) is 6.50. The molecule has 3 aromatic rings. The molecule has 1 fully saturated rings. The number of H-pyrrole nitrogens is 1. The SMILES string of the molecule is CN(CCc1nc2ccc(Cl)cc2[nH]1)c1nnc(C2CCC2)o1. The van der Waals surface area contributed by atoms with Gasteiger partial charge in [-0.2, -0.15) is 0 Å². The Morgan fingerprint density at radius 3 is 3.00 bits per heavy atom. The van der Waals surface area contributed by atoms with Gasteiger partial charge in [0, 0.05) is 31.0 Å². The maximum atomic E-state index is 6.00. The third kappa shape index (κ3) is 2.91. The fourth-order valence-corrected chi connectivity index (χ4v) is 2.90. The van der Waals surface area contributed by atoms with E-state index in [0.717, 1.165) is 48.6 Å². The van der Waals surface area contributed by atoms with Crippen LogP contribution in [-0.2, 0) is 6.42 Å². The average molecular weight is 332 g/mol. The molecular formula is C16H18ClN5O. The van der Waals surface area contributed by atoms with Gasteiger partial charge in [0.25, 0.3) is 0 Å². The first-order chi connectivity index (χ1) is 11.2. The van der Waals surface area contributed by atoms with E-state index in [-0.39, 0.29) is 0 Å². The molecule has 0 aliphatic heterocycles. The highest BCUT2D eigenvalue weighted by Crippen LogP contribution is 2.36. The van der Waals surface area contributed by atoms with Crippen molar-refractivity contribution in [1.82, 2.24) is 20.2 Å². The van der Waals surface area contributed by atoms with Crippen molar-refractivity contribution in [2.24, 2.45) is 0 Å². The zero-order chi connectivity index (χ0) is 15.8. The van der Waals surface area contributed by atoms with Crippen LogP contribution in [0.4, 0.5) is 6.01 Å². The molecule has 6 nitrogen and oxygen atoms in total. The Hall–Kier alpha value is -2.08. The minimum Gasteiger partial charge on any atom is -0.408 e. The fraction of sp³-hybridized carbons (Fsp3) is 0.438. The monoisotopic (exact) mass is 331 g/mol. The van der Waals surface area contributed by atoms with Crippen LogP contribution in [0.25, 0.3) is 11.0 Å². The molecule has 1 saturated carbocycles. The van der Waals surface area contributed by atoms with E-state index in [1.165, 1.54) is 6.42 Å². The van der Waals surface area contributed by atoms with Gasteiger partial charge in [-0.3, -0.25) is 0 Å². The number of imidazole rings is 1. The smallest absolute Gasteiger partial charge is 0.317 e. The van der Waals surface area contributed by atoms with E-state index in [1.807, 2.05) is 30.1 Å². The minimum atomic E-state index is 0.463. The largest absolute Gasteiger partial charge is 0.408 e. The Kier molecular flexibility index (Phi) is 3.69. The van der Waals surface area contributed by atoms with Gasteiger partial charge in [-0.1, -0.05) is 23.1 Å². The maximum absolute atomic E-state index is 6.00. The molecule has 0 amide bonds. The van der Waals surface area contributed by atoms with Crippen LogP contribution in [0.15, 0.2) is 22.6 Å². The summed E-state index contributed by atoms with van der Waals surface area (Å²) >= 11 is 6.00. The molecule has 1 N–H and O–H groups in total. The van der Waals surface area contributed by atoms with Gasteiger partial charge in [-0.25, -0.2) is 4.98 Å². The number of hydrogen-bond acceptors (Lipinski definition) is 5. The van der Waals surface area contributed by atoms with Gasteiger partial charge in [0.2, 0.25) is 5.89 Å². The van der Waals surface area contributed by atoms with E-state index in [9.17, 15) is 0 Å². The Morgan fingerprint density at radius 1 is 1.35 bits per heavy atom. The number of nitrogens with one attached hydrogen (secondary N) is 1. The van der Waals surface area contributed by atoms with Gasteiger partial charge in [0.05, 0.1) is 11.0 Å². The molecule has 1 aliphatic rings. The third-order valence-corrected chi connectivity index (χ3v) is 4.62. The van der Waals surface area contributed by atoms with E-state index in [1.54, 1.807) is 0 Å². The number of nitrogens with zero attached hydrogens (tertiary/aromatic N) is 4. The summed E-state index contributed by atoms with van der Waals surface area (Å²) in [6, 6.07) is 6.23. The van der Waals surface area contributed by atoms with E-state index < -0.39 is 0 Å². The van der Waals surface area contributed by atoms with Crippen LogP contribution in [-0.4, -0.2) is 33.8 Å². The molecule has 7 heteroatoms. The quantitative estimate of drug-likeness (QED) is 0.774. The van der Waals surface area contributed by atoms with E-state index >= 15 is 0 Å². The molecule has 0 radical (unpaired) electrons. The summed E-state index contributed by atoms with van der Waals surface area (Å²) in [5.74, 6) is 2.16. The van der Waals surface area contributed by atoms with Crippen molar-refractivity contribution >= 4 is 28.6 Å². The summed E-state index contributed by atoms with van der Waals surface area (Å²) in [6.07, 6.45) is 4.35. The van der Waals surface area contributed by atoms with Crippen molar-refractivity contribution in [3.8, 4) is 0 Å². The summed E-state index contributed by atoms with van der Waals surface area (Å²) in [4.78, 5) is 9.83. The van der Waals surface area contributed by atoms with Crippen LogP contribution in [0.5, 0.6) is 0 Å². The molecule has 4 rings (SSSR count). The van der Waals surface area contributed by atoms with Gasteiger partial charge >= 0.3 is 6.01 Å². The van der Waals surface area contributed by atoms with Crippen molar-refractivity contribution in [2.45, 2.75) is 31.6 Å². The summed E-state index contributed by atoms with van der Waals surface area (Å²) in [7, 11) is 1.96. The van der Waals surface area contributed by atoms with Gasteiger partial charge < -0.3 is 14.3 Å². The lowest BCUT2D eigenvalue weighted by Crippen LogP contribution is -2.21. The Labute approximate surface area is 138 Å². The number of anilines is 1. The van der Waals surface area contributed by atoms with Crippen LogP contribution in [0.2, 0.25) is 5.02 Å². The standard InChI is InChI=1S/C16H18ClN5O/c1-22(16-21-20-15(23-16)10-3-2-4-10)8-7-14-18-12-6-5-11(17)9-13(12)19-14/h5-6,9-10H,2-4,7-8H2,1H3,(H,18,19). The molecule has 0 spiro atoms. The van der Waals surface area contributed by atoms with Gasteiger partial charge in [-0.15, -0.1) is 5.10 Å². The lowest BCUT2D eigenvalue weighted by atomic mass is 9.85. The highest BCUT2D eigenvalue weighted by atomic mass is 35.5. The van der Waals surface area contributed by atoms with Crippen molar-refractivity contribution in [3.63, 3.8) is 0 Å². The van der Waals surface area contributed by atoms with Crippen LogP contribution in [0, 0.1) is 0 Å². The number of halogens is 1. The molecule has 0 bridgehead atoms. The number of aromatic nitrogens is 4. The fourth-order valence-electron chi connectivity index (χ4n) is 2.72. The number of rotatable bonds is 5. The third-order valence-electron chi connectivity index (χ3n) is 4.39. The average Bonchev–Trinajstić information content (AvgIpc) is 3.09. The molecular weight excluding hydrogens is 314 g/mol. The predicted molar refractivity (Wildman–Crippen MR) is 89.0 cm³/mol. The van der Waals surface area contributed by atoms with Crippen molar-refractivity contribution in [1.29, 1.82) is 0 Å². The van der Waals surface area contributed by atoms with Crippen LogP contribution < -0.4 is 4.90 Å². The van der Waals surface area contributed by atoms with Crippen molar-refractivity contribution in [2.75, 3.05) is 18.5 Å². The normalized spacial score (nSPS) is 15.0. The second-order valence-electron chi connectivity index (χ2n) is 6.07. The molecule has 120 valence electrons. The lowest BCUT2D eigenvalue weighted by molar-refractivity contribution is 0.336. The molecule has 23 heavy (non-hydrogen) atoms. The van der Waals surface area contributed by atoms with Crippen LogP contribution in [0.3, 0.4) is 0 Å². The number of aromatic amines is 1. The highest BCUT2D eigenvalue weighted by molar-refractivity contribution is 6.31. The zero-order valence-electron chi connectivity index (χ0n) is 12.9. The van der Waals surface area contributed by atoms with Gasteiger partial charge in [0.15, 0.2) is 0 Å². The molecule has 0 saturated heterocycles. The summed E-state index contributed by atoms with van der Waals surface area (Å²) < 4.78 is 5.77. The lowest BCUT2D eigenvalue weighted by Gasteiger charge is -2.21. The number of benzene rings is 1. The summed E-state index contributed by atoms with van der Waals surface area (Å²) in [6.45, 7) is 0.750. The van der Waals surface area contributed by atoms with Crippen molar-refractivity contribution in [3.05, 3.63) is 34.9 Å². The van der Waals surface area contributed by atoms with Crippen molar-refractivity contribution < 1.29 is 4.42 Å². The first-order valence-corrected chi connectivity index (χ1v) is 8.25. The van der Waals surface area contributed by atoms with E-state index in [2.05, 4.69) is 20.2 Å². The Morgan fingerprint density at radius 2 is 2.22 bits per heavy atom. The molecule has 1 aliphatic carbocycles. The van der Waals surface area contributed by atoms with Gasteiger partial charge in [-0.05, 0) is 31.0 Å². The highest BCUT2D eigenvalue weighted by Gasteiger charge is 2.25. The van der Waals surface area contributed by atoms with Gasteiger partial charge in [0.1, 0.15) is 5.82 Å². The van der Waals surface area contributed by atoms with E-state index in [4.69, 9.17) is 16.0 Å². The predicted octanol–water partition coefficient (Wildman–Crippen LogP) is 3.55. The van der Waals surface area contributed by atoms with Crippen LogP contribution >= 0.6 is 11.6 Å². The number of fused-ring (bicyclic) bond motifs is 1. The zero-order valence-corrected chi connectivity index (χ0v) is 13.7. The molecule has 0 atom stereocenters. The Balaban J connectivity index is 1.41. The number of hydrogen-bond donors (Lipinski definition) is 1. The van der Waals surface area contributed by atoms with Crippen LogP contribution in [0.1, 0.15) is 36.9 Å². The second kappa shape index (κ2) is 5.85. The Bertz CT molecular complexity index is 823. The first kappa shape index (κ1) is 14.5. The number of likely N-dealkylation sites (N-methyl/N-ethyl adjacent to an activating group) is 1. The summed E-state index contributed by atoms with van der Waals surface area (Å²) in [5, 5.41) is 9.02. The van der Waals surface area contributed by atoms with E-state index in [0.29, 0.717) is 17.0 Å². The summed E-state index contributed by atoms with van der Waals surface area (Å²) in [5.41, 5.74) is 1.89. The first-order valence-electron chi connectivity index (χ1n) is 7.88. The topological polar surface area (TPSA) is 70.8 Å². The molecule has 0 unspecified atom stereocenters.